The van der Waals surface area contributed by atoms with Crippen LogP contribution >= 0.6 is 0 Å². The predicted molar refractivity (Wildman–Crippen MR) is 108 cm³/mol. The predicted octanol–water partition coefficient (Wildman–Crippen LogP) is 0.475. The molecule has 0 radical (unpaired) electrons. The van der Waals surface area contributed by atoms with Crippen molar-refractivity contribution in [3.05, 3.63) is 60.2 Å². The van der Waals surface area contributed by atoms with Crippen LogP contribution in [0.4, 0.5) is 0 Å². The minimum atomic E-state index is -3.77. The van der Waals surface area contributed by atoms with E-state index in [0.29, 0.717) is 5.75 Å². The number of nitrogens with one attached hydrogen (secondary N) is 2. The summed E-state index contributed by atoms with van der Waals surface area (Å²) in [5.74, 6) is -1.12. The normalized spacial score (nSPS) is 16.8. The summed E-state index contributed by atoms with van der Waals surface area (Å²) in [6.45, 7) is 0.335. The van der Waals surface area contributed by atoms with Gasteiger partial charge in [-0.05, 0) is 18.2 Å². The average Bonchev–Trinajstić information content (AvgIpc) is 3.26. The van der Waals surface area contributed by atoms with Crippen molar-refractivity contribution in [1.29, 1.82) is 0 Å². The van der Waals surface area contributed by atoms with Crippen LogP contribution in [-0.2, 0) is 30.9 Å². The number of benzene rings is 2. The van der Waals surface area contributed by atoms with E-state index in [1.54, 1.807) is 42.5 Å². The first-order valence-electron chi connectivity index (χ1n) is 9.30. The number of hydrogen-bond donors (Lipinski definition) is 2. The van der Waals surface area contributed by atoms with Gasteiger partial charge in [0, 0.05) is 18.7 Å². The van der Waals surface area contributed by atoms with E-state index in [9.17, 15) is 18.0 Å². The number of sulfonamides is 1. The summed E-state index contributed by atoms with van der Waals surface area (Å²) < 4.78 is 37.4. The van der Waals surface area contributed by atoms with E-state index in [1.165, 1.54) is 23.5 Å². The lowest BCUT2D eigenvalue weighted by Gasteiger charge is -2.22. The topological polar surface area (TPSA) is 114 Å². The molecule has 1 fully saturated rings. The number of rotatable bonds is 7. The molecule has 1 saturated heterocycles. The van der Waals surface area contributed by atoms with Crippen molar-refractivity contribution in [3.8, 4) is 5.75 Å². The summed E-state index contributed by atoms with van der Waals surface area (Å²) in [7, 11) is -2.25. The van der Waals surface area contributed by atoms with E-state index >= 15 is 0 Å². The molecular weight excluding hydrogens is 410 g/mol. The van der Waals surface area contributed by atoms with Gasteiger partial charge in [0.05, 0.1) is 25.2 Å². The van der Waals surface area contributed by atoms with Crippen molar-refractivity contribution in [2.75, 3.05) is 26.8 Å². The molecule has 160 valence electrons. The maximum Gasteiger partial charge on any atom is 0.309 e. The fraction of sp³-hybridized carbons (Fsp3) is 0.300. The fourth-order valence-corrected chi connectivity index (χ4v) is 4.57. The Labute approximate surface area is 175 Å². The third kappa shape index (κ3) is 4.96. The molecule has 1 atom stereocenters. The minimum absolute atomic E-state index is 0.116. The van der Waals surface area contributed by atoms with Crippen LogP contribution in [0.3, 0.4) is 0 Å². The van der Waals surface area contributed by atoms with E-state index < -0.39 is 28.1 Å². The highest BCUT2D eigenvalue weighted by molar-refractivity contribution is 7.89. The van der Waals surface area contributed by atoms with Crippen molar-refractivity contribution in [2.24, 2.45) is 0 Å². The monoisotopic (exact) mass is 433 g/mol. The van der Waals surface area contributed by atoms with Gasteiger partial charge < -0.3 is 20.1 Å². The highest BCUT2D eigenvalue weighted by Crippen LogP contribution is 2.21. The lowest BCUT2D eigenvalue weighted by molar-refractivity contribution is -0.139. The molecule has 0 aliphatic carbocycles. The summed E-state index contributed by atoms with van der Waals surface area (Å²) in [5.41, 5.74) is 0.723. The average molecular weight is 433 g/mol. The van der Waals surface area contributed by atoms with Gasteiger partial charge in [-0.3, -0.25) is 9.59 Å². The molecule has 0 unspecified atom stereocenters. The maximum absolute atomic E-state index is 12.8. The van der Waals surface area contributed by atoms with E-state index in [0.717, 1.165) is 5.56 Å². The molecule has 0 aromatic heterocycles. The van der Waals surface area contributed by atoms with Crippen LogP contribution in [0, 0.1) is 0 Å². The van der Waals surface area contributed by atoms with Crippen LogP contribution in [0.5, 0.6) is 5.75 Å². The van der Waals surface area contributed by atoms with Gasteiger partial charge in [0.25, 0.3) is 0 Å². The number of carbonyl (C=O) groups is 2. The Balaban J connectivity index is 1.55. The maximum atomic E-state index is 12.8. The Bertz CT molecular complexity index is 997. The molecule has 0 spiro atoms. The Morgan fingerprint density at radius 3 is 2.47 bits per heavy atom. The van der Waals surface area contributed by atoms with Crippen LogP contribution in [0.25, 0.3) is 0 Å². The Morgan fingerprint density at radius 2 is 1.73 bits per heavy atom. The lowest BCUT2D eigenvalue weighted by atomic mass is 10.2. The summed E-state index contributed by atoms with van der Waals surface area (Å²) in [6, 6.07) is 15.1. The van der Waals surface area contributed by atoms with Gasteiger partial charge in [0.1, 0.15) is 12.0 Å². The first kappa shape index (κ1) is 21.8. The molecule has 0 saturated carbocycles. The van der Waals surface area contributed by atoms with Gasteiger partial charge in [-0.1, -0.05) is 36.4 Å². The first-order chi connectivity index (χ1) is 14.4. The summed E-state index contributed by atoms with van der Waals surface area (Å²) in [5, 5.41) is 4.94. The molecule has 2 N–H and O–H groups in total. The summed E-state index contributed by atoms with van der Waals surface area (Å²) in [6.07, 6.45) is -0.888. The zero-order valence-corrected chi connectivity index (χ0v) is 17.2. The quantitative estimate of drug-likeness (QED) is 0.614. The van der Waals surface area contributed by atoms with Crippen molar-refractivity contribution >= 4 is 21.8 Å². The molecule has 1 aliphatic rings. The molecule has 1 aliphatic heterocycles. The second-order valence-corrected chi connectivity index (χ2v) is 8.35. The van der Waals surface area contributed by atoms with Crippen molar-refractivity contribution < 1.29 is 27.5 Å². The van der Waals surface area contributed by atoms with E-state index in [4.69, 9.17) is 9.47 Å². The number of ether oxygens (including phenoxy) is 2. The fourth-order valence-electron chi connectivity index (χ4n) is 3.03. The molecule has 9 nitrogen and oxygen atoms in total. The van der Waals surface area contributed by atoms with Gasteiger partial charge in [-0.2, -0.15) is 4.31 Å². The van der Waals surface area contributed by atoms with E-state index in [1.807, 2.05) is 0 Å². The van der Waals surface area contributed by atoms with E-state index in [-0.39, 0.29) is 31.1 Å². The lowest BCUT2D eigenvalue weighted by Crippen LogP contribution is -2.47. The smallest absolute Gasteiger partial charge is 0.309 e. The highest BCUT2D eigenvalue weighted by Gasteiger charge is 2.36. The molecular formula is C20H23N3O6S. The molecule has 30 heavy (non-hydrogen) atoms. The summed E-state index contributed by atoms with van der Waals surface area (Å²) >= 11 is 0. The molecule has 0 bridgehead atoms. The van der Waals surface area contributed by atoms with Crippen LogP contribution < -0.4 is 15.4 Å². The van der Waals surface area contributed by atoms with Crippen molar-refractivity contribution in [1.82, 2.24) is 14.9 Å². The third-order valence-corrected chi connectivity index (χ3v) is 6.47. The van der Waals surface area contributed by atoms with Gasteiger partial charge in [0.2, 0.25) is 10.0 Å². The second-order valence-electron chi connectivity index (χ2n) is 6.46. The molecule has 2 amide bonds. The van der Waals surface area contributed by atoms with Crippen LogP contribution in [-0.4, -0.2) is 57.6 Å². The summed E-state index contributed by atoms with van der Waals surface area (Å²) in [4.78, 5) is 24.3. The second kappa shape index (κ2) is 9.70. The van der Waals surface area contributed by atoms with Gasteiger partial charge in [-0.15, -0.1) is 0 Å². The number of carbonyl (C=O) groups excluding carboxylic acids is 2. The SMILES string of the molecule is COc1ccccc1CNC(=O)C(=O)NC[C@H]1OCCN1S(=O)(=O)c1ccccc1. The Morgan fingerprint density at radius 1 is 1.07 bits per heavy atom. The Hall–Kier alpha value is -2.95. The first-order valence-corrected chi connectivity index (χ1v) is 10.7. The van der Waals surface area contributed by atoms with Gasteiger partial charge >= 0.3 is 11.8 Å². The molecule has 2 aromatic carbocycles. The van der Waals surface area contributed by atoms with Crippen molar-refractivity contribution in [3.63, 3.8) is 0 Å². The zero-order chi connectivity index (χ0) is 21.6. The third-order valence-electron chi connectivity index (χ3n) is 4.57. The van der Waals surface area contributed by atoms with Crippen molar-refractivity contribution in [2.45, 2.75) is 17.7 Å². The zero-order valence-electron chi connectivity index (χ0n) is 16.4. The number of nitrogens with zero attached hydrogens (tertiary/aromatic N) is 1. The Kier molecular flexibility index (Phi) is 7.03. The number of amides is 2. The minimum Gasteiger partial charge on any atom is -0.496 e. The molecule has 2 aromatic rings. The van der Waals surface area contributed by atoms with Gasteiger partial charge in [0.15, 0.2) is 0 Å². The molecule has 10 heteroatoms. The number of methoxy groups -OCH3 is 1. The van der Waals surface area contributed by atoms with Crippen LogP contribution in [0.2, 0.25) is 0 Å². The van der Waals surface area contributed by atoms with Crippen LogP contribution in [0.1, 0.15) is 5.56 Å². The molecule has 3 rings (SSSR count). The molecule has 1 heterocycles. The van der Waals surface area contributed by atoms with Gasteiger partial charge in [-0.25, -0.2) is 8.42 Å². The van der Waals surface area contributed by atoms with E-state index in [2.05, 4.69) is 10.6 Å². The number of para-hydroxylation sites is 1. The largest absolute Gasteiger partial charge is 0.496 e. The number of hydrogen-bond acceptors (Lipinski definition) is 6. The highest BCUT2D eigenvalue weighted by atomic mass is 32.2. The standard InChI is InChI=1S/C20H23N3O6S/c1-28-17-10-6-5-7-15(17)13-21-19(24)20(25)22-14-18-23(11-12-29-18)30(26,27)16-8-3-2-4-9-16/h2-10,18H,11-14H2,1H3,(H,21,24)(H,22,25)/t18-/m1/s1. The van der Waals surface area contributed by atoms with Crippen LogP contribution in [0.15, 0.2) is 59.5 Å².